The van der Waals surface area contributed by atoms with E-state index < -0.39 is 41.6 Å². The Morgan fingerprint density at radius 3 is 2.18 bits per heavy atom. The number of benzene rings is 1. The van der Waals surface area contributed by atoms with Crippen molar-refractivity contribution in [2.75, 3.05) is 19.7 Å². The van der Waals surface area contributed by atoms with Gasteiger partial charge in [0.1, 0.15) is 17.7 Å². The minimum Gasteiger partial charge on any atom is -0.466 e. The van der Waals surface area contributed by atoms with Crippen LogP contribution in [0.5, 0.6) is 0 Å². The molecule has 1 rings (SSSR count). The molecule has 0 aliphatic heterocycles. The van der Waals surface area contributed by atoms with Gasteiger partial charge in [-0.2, -0.15) is 0 Å². The molecule has 2 N–H and O–H groups in total. The predicted molar refractivity (Wildman–Crippen MR) is 147 cm³/mol. The number of carbonyl (C=O) groups excluding carboxylic acids is 4. The third-order valence-electron chi connectivity index (χ3n) is 5.36. The normalized spacial score (nSPS) is 12.8. The summed E-state index contributed by atoms with van der Waals surface area (Å²) in [7, 11) is 0. The number of amides is 3. The van der Waals surface area contributed by atoms with E-state index in [1.807, 2.05) is 45.9 Å². The molecule has 1 aromatic carbocycles. The van der Waals surface area contributed by atoms with Gasteiger partial charge in [0, 0.05) is 13.1 Å². The van der Waals surface area contributed by atoms with Crippen molar-refractivity contribution in [3.8, 4) is 0 Å². The van der Waals surface area contributed by atoms with Crippen LogP contribution in [0.25, 0.3) is 0 Å². The SMILES string of the molecule is C=CCN(C(=O)C(CC(C)C)NC(=O)OC(C)(C)C)C(C(=O)NCCC(=O)OCC)c1cc(C)cc(C)c1. The van der Waals surface area contributed by atoms with E-state index in [-0.39, 0.29) is 32.0 Å². The molecule has 0 aliphatic rings. The van der Waals surface area contributed by atoms with E-state index in [2.05, 4.69) is 17.2 Å². The molecule has 9 heteroatoms. The Hall–Kier alpha value is -3.36. The maximum absolute atomic E-state index is 14.0. The summed E-state index contributed by atoms with van der Waals surface area (Å²) in [6, 6.07) is 3.74. The molecule has 0 heterocycles. The lowest BCUT2D eigenvalue weighted by molar-refractivity contribution is -0.144. The van der Waals surface area contributed by atoms with Crippen LogP contribution in [0, 0.1) is 19.8 Å². The summed E-state index contributed by atoms with van der Waals surface area (Å²) in [6.45, 7) is 18.8. The number of ether oxygens (including phenoxy) is 2. The number of rotatable bonds is 13. The quantitative estimate of drug-likeness (QED) is 0.289. The molecular weight excluding hydrogens is 486 g/mol. The number of nitrogens with one attached hydrogen (secondary N) is 2. The second kappa shape index (κ2) is 15.1. The summed E-state index contributed by atoms with van der Waals surface area (Å²) in [4.78, 5) is 53.4. The summed E-state index contributed by atoms with van der Waals surface area (Å²) in [5.41, 5.74) is 1.74. The molecule has 0 spiro atoms. The van der Waals surface area contributed by atoms with Crippen LogP contribution in [0.3, 0.4) is 0 Å². The van der Waals surface area contributed by atoms with E-state index in [9.17, 15) is 19.2 Å². The van der Waals surface area contributed by atoms with Crippen LogP contribution in [-0.4, -0.2) is 60.1 Å². The highest BCUT2D eigenvalue weighted by atomic mass is 16.6. The van der Waals surface area contributed by atoms with Crippen molar-refractivity contribution in [3.05, 3.63) is 47.5 Å². The van der Waals surface area contributed by atoms with Gasteiger partial charge in [0.15, 0.2) is 0 Å². The molecule has 0 aliphatic carbocycles. The van der Waals surface area contributed by atoms with Crippen molar-refractivity contribution >= 4 is 23.9 Å². The highest BCUT2D eigenvalue weighted by Crippen LogP contribution is 2.26. The maximum atomic E-state index is 14.0. The average Bonchev–Trinajstić information content (AvgIpc) is 2.75. The van der Waals surface area contributed by atoms with E-state index >= 15 is 0 Å². The van der Waals surface area contributed by atoms with Gasteiger partial charge in [-0.1, -0.05) is 49.2 Å². The molecule has 0 fully saturated rings. The van der Waals surface area contributed by atoms with Crippen LogP contribution in [0.15, 0.2) is 30.9 Å². The van der Waals surface area contributed by atoms with Crippen molar-refractivity contribution in [2.24, 2.45) is 5.92 Å². The molecule has 0 saturated carbocycles. The van der Waals surface area contributed by atoms with Crippen molar-refractivity contribution in [1.29, 1.82) is 0 Å². The highest BCUT2D eigenvalue weighted by Gasteiger charge is 2.36. The van der Waals surface area contributed by atoms with Crippen LogP contribution in [-0.2, 0) is 23.9 Å². The second-order valence-electron chi connectivity index (χ2n) is 10.8. The summed E-state index contributed by atoms with van der Waals surface area (Å²) in [6.07, 6.45) is 1.18. The van der Waals surface area contributed by atoms with Gasteiger partial charge < -0.3 is 25.0 Å². The van der Waals surface area contributed by atoms with Gasteiger partial charge in [0.25, 0.3) is 0 Å². The molecule has 212 valence electrons. The lowest BCUT2D eigenvalue weighted by atomic mass is 9.97. The standard InChI is InChI=1S/C29H45N3O6/c1-10-14-32(27(35)23(15-19(3)4)31-28(36)38-29(7,8)9)25(22-17-20(5)16-21(6)18-22)26(34)30-13-12-24(33)37-11-2/h10,16-19,23,25H,1,11-15H2,2-9H3,(H,30,34)(H,31,36). The van der Waals surface area contributed by atoms with Crippen LogP contribution >= 0.6 is 0 Å². The van der Waals surface area contributed by atoms with Gasteiger partial charge >= 0.3 is 12.1 Å². The minimum absolute atomic E-state index is 0.00469. The van der Waals surface area contributed by atoms with Crippen molar-refractivity contribution in [3.63, 3.8) is 0 Å². The number of carbonyl (C=O) groups is 4. The van der Waals surface area contributed by atoms with Gasteiger partial charge in [-0.25, -0.2) is 4.79 Å². The lowest BCUT2D eigenvalue weighted by Gasteiger charge is -2.34. The lowest BCUT2D eigenvalue weighted by Crippen LogP contribution is -2.53. The zero-order valence-corrected chi connectivity index (χ0v) is 24.2. The van der Waals surface area contributed by atoms with Crippen molar-refractivity contribution in [1.82, 2.24) is 15.5 Å². The van der Waals surface area contributed by atoms with E-state index in [4.69, 9.17) is 9.47 Å². The molecule has 2 unspecified atom stereocenters. The Kier molecular flexibility index (Phi) is 13.0. The Bertz CT molecular complexity index is 963. The molecule has 2 atom stereocenters. The molecule has 0 saturated heterocycles. The molecule has 1 aromatic rings. The predicted octanol–water partition coefficient (Wildman–Crippen LogP) is 4.37. The summed E-state index contributed by atoms with van der Waals surface area (Å²) in [5, 5.41) is 5.48. The minimum atomic E-state index is -1.02. The molecule has 9 nitrogen and oxygen atoms in total. The third-order valence-corrected chi connectivity index (χ3v) is 5.36. The first kappa shape index (κ1) is 32.7. The first-order valence-electron chi connectivity index (χ1n) is 13.1. The Labute approximate surface area is 227 Å². The van der Waals surface area contributed by atoms with Crippen LogP contribution in [0.1, 0.15) is 77.1 Å². The second-order valence-corrected chi connectivity index (χ2v) is 10.8. The van der Waals surface area contributed by atoms with E-state index in [1.54, 1.807) is 33.8 Å². The molecule has 0 radical (unpaired) electrons. The molecular formula is C29H45N3O6. The fraction of sp³-hybridized carbons (Fsp3) is 0.586. The van der Waals surface area contributed by atoms with Crippen LogP contribution in [0.4, 0.5) is 4.79 Å². The first-order chi connectivity index (χ1) is 17.7. The molecule has 0 aromatic heterocycles. The number of aryl methyl sites for hydroxylation is 2. The largest absolute Gasteiger partial charge is 0.466 e. The topological polar surface area (TPSA) is 114 Å². The van der Waals surface area contributed by atoms with Gasteiger partial charge in [-0.05, 0) is 59.4 Å². The zero-order chi connectivity index (χ0) is 29.0. The van der Waals surface area contributed by atoms with Gasteiger partial charge in [-0.15, -0.1) is 6.58 Å². The van der Waals surface area contributed by atoms with Gasteiger partial charge in [0.05, 0.1) is 13.0 Å². The van der Waals surface area contributed by atoms with Crippen molar-refractivity contribution < 1.29 is 28.7 Å². The monoisotopic (exact) mass is 531 g/mol. The molecule has 0 bridgehead atoms. The number of hydrogen-bond donors (Lipinski definition) is 2. The summed E-state index contributed by atoms with van der Waals surface area (Å²) in [5.74, 6) is -1.24. The third kappa shape index (κ3) is 11.4. The average molecular weight is 532 g/mol. The first-order valence-corrected chi connectivity index (χ1v) is 13.1. The van der Waals surface area contributed by atoms with E-state index in [0.717, 1.165) is 11.1 Å². The Morgan fingerprint density at radius 1 is 1.08 bits per heavy atom. The highest BCUT2D eigenvalue weighted by molar-refractivity contribution is 5.92. The number of esters is 1. The summed E-state index contributed by atoms with van der Waals surface area (Å²) >= 11 is 0. The Morgan fingerprint density at radius 2 is 1.68 bits per heavy atom. The Balaban J connectivity index is 3.43. The number of hydrogen-bond acceptors (Lipinski definition) is 6. The fourth-order valence-electron chi connectivity index (χ4n) is 4.06. The molecule has 38 heavy (non-hydrogen) atoms. The number of alkyl carbamates (subject to hydrolysis) is 1. The van der Waals surface area contributed by atoms with Crippen molar-refractivity contribution in [2.45, 2.75) is 85.9 Å². The summed E-state index contributed by atoms with van der Waals surface area (Å²) < 4.78 is 10.3. The smallest absolute Gasteiger partial charge is 0.408 e. The maximum Gasteiger partial charge on any atom is 0.408 e. The van der Waals surface area contributed by atoms with E-state index in [0.29, 0.717) is 12.0 Å². The van der Waals surface area contributed by atoms with Gasteiger partial charge in [-0.3, -0.25) is 14.4 Å². The number of nitrogens with zero attached hydrogens (tertiary/aromatic N) is 1. The van der Waals surface area contributed by atoms with E-state index in [1.165, 1.54) is 4.90 Å². The van der Waals surface area contributed by atoms with Gasteiger partial charge in [0.2, 0.25) is 11.8 Å². The van der Waals surface area contributed by atoms with Crippen LogP contribution in [0.2, 0.25) is 0 Å². The molecule has 3 amide bonds. The fourth-order valence-corrected chi connectivity index (χ4v) is 4.06. The zero-order valence-electron chi connectivity index (χ0n) is 24.2. The van der Waals surface area contributed by atoms with Crippen LogP contribution < -0.4 is 10.6 Å².